The minimum Gasteiger partial charge on any atom is -0.267 e. The van der Waals surface area contributed by atoms with Gasteiger partial charge in [0.15, 0.2) is 5.65 Å². The summed E-state index contributed by atoms with van der Waals surface area (Å²) in [5, 5.41) is 8.77. The molecular formula is C23H16N4O. The first-order valence-corrected chi connectivity index (χ1v) is 8.83. The van der Waals surface area contributed by atoms with Gasteiger partial charge in [-0.15, -0.1) is 0 Å². The highest BCUT2D eigenvalue weighted by molar-refractivity contribution is 5.72. The Hall–Kier alpha value is -4.04. The van der Waals surface area contributed by atoms with Crippen LogP contribution in [0, 0.1) is 11.3 Å². The van der Waals surface area contributed by atoms with Crippen molar-refractivity contribution in [3.8, 4) is 11.8 Å². The van der Waals surface area contributed by atoms with Crippen molar-refractivity contribution in [1.82, 2.24) is 14.5 Å². The number of hydrogen-bond donors (Lipinski definition) is 0. The minimum atomic E-state index is -0.198. The molecule has 0 amide bonds. The van der Waals surface area contributed by atoms with Crippen LogP contribution in [0.2, 0.25) is 0 Å². The van der Waals surface area contributed by atoms with Crippen molar-refractivity contribution < 1.29 is 0 Å². The highest BCUT2D eigenvalue weighted by Crippen LogP contribution is 2.17. The van der Waals surface area contributed by atoms with Gasteiger partial charge in [-0.25, -0.2) is 9.97 Å². The number of aromatic nitrogens is 3. The molecule has 0 unspecified atom stereocenters. The Morgan fingerprint density at radius 3 is 2.71 bits per heavy atom. The number of benzene rings is 2. The maximum atomic E-state index is 13.3. The topological polar surface area (TPSA) is 71.6 Å². The van der Waals surface area contributed by atoms with Crippen LogP contribution in [0.15, 0.2) is 83.8 Å². The lowest BCUT2D eigenvalue weighted by Gasteiger charge is -2.12. The van der Waals surface area contributed by atoms with Crippen molar-refractivity contribution >= 4 is 17.2 Å². The SMILES string of the molecule is N#C/C=C/c1cccc(-n2c(=O)c(Cc3ccccc3)nc3cccnc32)c1. The molecule has 0 spiro atoms. The van der Waals surface area contributed by atoms with E-state index in [-0.39, 0.29) is 5.56 Å². The maximum absolute atomic E-state index is 13.3. The lowest BCUT2D eigenvalue weighted by Crippen LogP contribution is -2.25. The summed E-state index contributed by atoms with van der Waals surface area (Å²) in [5.41, 5.74) is 3.97. The molecule has 0 aliphatic rings. The quantitative estimate of drug-likeness (QED) is 0.515. The van der Waals surface area contributed by atoms with Crippen molar-refractivity contribution in [2.75, 3.05) is 0 Å². The summed E-state index contributed by atoms with van der Waals surface area (Å²) in [5.74, 6) is 0. The first-order chi connectivity index (χ1) is 13.8. The fraction of sp³-hybridized carbons (Fsp3) is 0.0435. The number of pyridine rings is 1. The van der Waals surface area contributed by atoms with Crippen LogP contribution in [-0.4, -0.2) is 14.5 Å². The van der Waals surface area contributed by atoms with Crippen LogP contribution in [0.25, 0.3) is 22.9 Å². The number of allylic oxidation sites excluding steroid dienone is 1. The van der Waals surface area contributed by atoms with Crippen LogP contribution < -0.4 is 5.56 Å². The molecule has 4 rings (SSSR count). The lowest BCUT2D eigenvalue weighted by molar-refractivity contribution is 0.927. The van der Waals surface area contributed by atoms with Gasteiger partial charge in [-0.05, 0) is 41.5 Å². The highest BCUT2D eigenvalue weighted by atomic mass is 16.1. The summed E-state index contributed by atoms with van der Waals surface area (Å²) in [4.78, 5) is 22.3. The Morgan fingerprint density at radius 1 is 1.04 bits per heavy atom. The summed E-state index contributed by atoms with van der Waals surface area (Å²) in [6.07, 6.45) is 5.21. The number of hydrogen-bond acceptors (Lipinski definition) is 4. The second-order valence-corrected chi connectivity index (χ2v) is 6.26. The van der Waals surface area contributed by atoms with E-state index in [0.717, 1.165) is 11.1 Å². The smallest absolute Gasteiger partial charge is 0.267 e. The van der Waals surface area contributed by atoms with Crippen LogP contribution in [0.5, 0.6) is 0 Å². The van der Waals surface area contributed by atoms with Crippen LogP contribution in [0.3, 0.4) is 0 Å². The number of nitrogens with zero attached hydrogens (tertiary/aromatic N) is 4. The lowest BCUT2D eigenvalue weighted by atomic mass is 10.1. The molecule has 2 heterocycles. The Morgan fingerprint density at radius 2 is 1.89 bits per heavy atom. The normalized spacial score (nSPS) is 11.0. The number of rotatable bonds is 4. The van der Waals surface area contributed by atoms with Gasteiger partial charge >= 0.3 is 0 Å². The zero-order valence-corrected chi connectivity index (χ0v) is 15.0. The van der Waals surface area contributed by atoms with E-state index in [9.17, 15) is 4.79 Å². The van der Waals surface area contributed by atoms with Gasteiger partial charge in [0.2, 0.25) is 0 Å². The van der Waals surface area contributed by atoms with Crippen molar-refractivity contribution in [3.63, 3.8) is 0 Å². The first kappa shape index (κ1) is 17.4. The fourth-order valence-corrected chi connectivity index (χ4v) is 3.11. The Kier molecular flexibility index (Phi) is 4.77. The molecule has 5 heteroatoms. The molecule has 0 aliphatic carbocycles. The number of fused-ring (bicyclic) bond motifs is 1. The second kappa shape index (κ2) is 7.68. The van der Waals surface area contributed by atoms with E-state index in [2.05, 4.69) is 9.97 Å². The second-order valence-electron chi connectivity index (χ2n) is 6.26. The molecule has 2 aromatic carbocycles. The molecule has 5 nitrogen and oxygen atoms in total. The zero-order chi connectivity index (χ0) is 19.3. The zero-order valence-electron chi connectivity index (χ0n) is 15.0. The summed E-state index contributed by atoms with van der Waals surface area (Å²) >= 11 is 0. The molecule has 0 bridgehead atoms. The standard InChI is InChI=1S/C23H16N4O/c24-13-5-10-17-9-4-11-19(15-17)27-22-20(12-6-14-25-22)26-21(23(27)28)16-18-7-2-1-3-8-18/h1-12,14-15H,16H2/b10-5+. The molecule has 2 aromatic heterocycles. The van der Waals surface area contributed by atoms with Gasteiger partial charge < -0.3 is 0 Å². The van der Waals surface area contributed by atoms with E-state index < -0.39 is 0 Å². The van der Waals surface area contributed by atoms with E-state index in [1.807, 2.05) is 72.8 Å². The molecule has 0 saturated heterocycles. The molecule has 0 fully saturated rings. The largest absolute Gasteiger partial charge is 0.278 e. The minimum absolute atomic E-state index is 0.198. The summed E-state index contributed by atoms with van der Waals surface area (Å²) in [7, 11) is 0. The number of nitriles is 1. The van der Waals surface area contributed by atoms with Gasteiger partial charge in [-0.3, -0.25) is 9.36 Å². The first-order valence-electron chi connectivity index (χ1n) is 8.83. The van der Waals surface area contributed by atoms with Crippen molar-refractivity contribution in [2.24, 2.45) is 0 Å². The van der Waals surface area contributed by atoms with Crippen LogP contribution >= 0.6 is 0 Å². The molecule has 0 radical (unpaired) electrons. The third-order valence-corrected chi connectivity index (χ3v) is 4.38. The van der Waals surface area contributed by atoms with E-state index in [0.29, 0.717) is 29.0 Å². The predicted molar refractivity (Wildman–Crippen MR) is 109 cm³/mol. The van der Waals surface area contributed by atoms with Crippen LogP contribution in [0.4, 0.5) is 0 Å². The fourth-order valence-electron chi connectivity index (χ4n) is 3.11. The maximum Gasteiger partial charge on any atom is 0.278 e. The van der Waals surface area contributed by atoms with Gasteiger partial charge in [0.05, 0.1) is 11.8 Å². The summed E-state index contributed by atoms with van der Waals surface area (Å²) in [6.45, 7) is 0. The Bertz CT molecular complexity index is 1270. The molecule has 0 saturated carbocycles. The average molecular weight is 364 g/mol. The molecule has 4 aromatic rings. The van der Waals surface area contributed by atoms with E-state index in [1.165, 1.54) is 6.08 Å². The van der Waals surface area contributed by atoms with E-state index in [4.69, 9.17) is 5.26 Å². The molecule has 134 valence electrons. The molecular weight excluding hydrogens is 348 g/mol. The average Bonchev–Trinajstić information content (AvgIpc) is 2.74. The summed E-state index contributed by atoms with van der Waals surface area (Å²) in [6, 6.07) is 22.9. The van der Waals surface area contributed by atoms with Gasteiger partial charge in [0.25, 0.3) is 5.56 Å². The molecule has 0 N–H and O–H groups in total. The Labute approximate surface area is 161 Å². The van der Waals surface area contributed by atoms with E-state index in [1.54, 1.807) is 16.8 Å². The molecule has 0 atom stereocenters. The van der Waals surface area contributed by atoms with Gasteiger partial charge in [-0.1, -0.05) is 42.5 Å². The van der Waals surface area contributed by atoms with Crippen LogP contribution in [-0.2, 0) is 6.42 Å². The summed E-state index contributed by atoms with van der Waals surface area (Å²) < 4.78 is 1.59. The molecule has 28 heavy (non-hydrogen) atoms. The van der Waals surface area contributed by atoms with Gasteiger partial charge in [0.1, 0.15) is 11.2 Å². The predicted octanol–water partition coefficient (Wildman–Crippen LogP) is 3.91. The third kappa shape index (κ3) is 3.44. The monoisotopic (exact) mass is 364 g/mol. The highest BCUT2D eigenvalue weighted by Gasteiger charge is 2.14. The van der Waals surface area contributed by atoms with Crippen LogP contribution in [0.1, 0.15) is 16.8 Å². The van der Waals surface area contributed by atoms with Gasteiger partial charge in [0, 0.05) is 18.7 Å². The Balaban J connectivity index is 1.92. The molecule has 0 aliphatic heterocycles. The van der Waals surface area contributed by atoms with Gasteiger partial charge in [-0.2, -0.15) is 5.26 Å². The van der Waals surface area contributed by atoms with Crippen molar-refractivity contribution in [2.45, 2.75) is 6.42 Å². The van der Waals surface area contributed by atoms with Crippen molar-refractivity contribution in [3.05, 3.63) is 106 Å². The van der Waals surface area contributed by atoms with E-state index >= 15 is 0 Å². The third-order valence-electron chi connectivity index (χ3n) is 4.38. The van der Waals surface area contributed by atoms with Crippen molar-refractivity contribution in [1.29, 1.82) is 5.26 Å².